The number of rotatable bonds is 2. The summed E-state index contributed by atoms with van der Waals surface area (Å²) >= 11 is 0. The molecule has 24 heavy (non-hydrogen) atoms. The summed E-state index contributed by atoms with van der Waals surface area (Å²) in [6, 6.07) is 11.5. The Balaban J connectivity index is 1.77. The smallest absolute Gasteiger partial charge is 0.283 e. The van der Waals surface area contributed by atoms with Crippen molar-refractivity contribution in [2.45, 2.75) is 6.92 Å². The van der Waals surface area contributed by atoms with E-state index in [2.05, 4.69) is 25.7 Å². The van der Waals surface area contributed by atoms with Crippen LogP contribution < -0.4 is 0 Å². The molecule has 0 fully saturated rings. The molecule has 1 aromatic carbocycles. The van der Waals surface area contributed by atoms with Crippen molar-refractivity contribution in [1.82, 2.24) is 30.2 Å². The summed E-state index contributed by atoms with van der Waals surface area (Å²) in [5.74, 6) is 1.16. The average molecular weight is 318 g/mol. The zero-order valence-electron chi connectivity index (χ0n) is 12.5. The zero-order valence-corrected chi connectivity index (χ0v) is 12.5. The fraction of sp³-hybridized carbons (Fsp3) is 0.0625. The first-order valence-electron chi connectivity index (χ1n) is 7.29. The predicted octanol–water partition coefficient (Wildman–Crippen LogP) is 2.90. The van der Waals surface area contributed by atoms with E-state index in [1.807, 2.05) is 31.2 Å². The molecule has 0 spiro atoms. The lowest BCUT2D eigenvalue weighted by Gasteiger charge is -2.04. The normalized spacial score (nSPS) is 11.5. The molecule has 0 unspecified atom stereocenters. The Kier molecular flexibility index (Phi) is 2.55. The minimum Gasteiger partial charge on any atom is -0.459 e. The van der Waals surface area contributed by atoms with Gasteiger partial charge in [0.15, 0.2) is 11.4 Å². The van der Waals surface area contributed by atoms with Crippen LogP contribution in [0.5, 0.6) is 0 Å². The average Bonchev–Trinajstić information content (AvgIpc) is 3.33. The summed E-state index contributed by atoms with van der Waals surface area (Å²) < 4.78 is 12.7. The second-order valence-corrected chi connectivity index (χ2v) is 5.42. The molecule has 4 aromatic heterocycles. The molecule has 0 radical (unpaired) electrons. The number of hydrogen-bond acceptors (Lipinski definition) is 7. The fourth-order valence-corrected chi connectivity index (χ4v) is 2.69. The van der Waals surface area contributed by atoms with E-state index in [1.54, 1.807) is 22.9 Å². The number of aryl methyl sites for hydroxylation is 1. The quantitative estimate of drug-likeness (QED) is 0.494. The highest BCUT2D eigenvalue weighted by Gasteiger charge is 2.18. The van der Waals surface area contributed by atoms with E-state index in [0.717, 1.165) is 16.5 Å². The summed E-state index contributed by atoms with van der Waals surface area (Å²) in [6.45, 7) is 2.02. The number of aromatic nitrogens is 6. The highest BCUT2D eigenvalue weighted by atomic mass is 16.4. The zero-order chi connectivity index (χ0) is 16.1. The van der Waals surface area contributed by atoms with Gasteiger partial charge in [-0.1, -0.05) is 12.1 Å². The van der Waals surface area contributed by atoms with Crippen LogP contribution >= 0.6 is 0 Å². The van der Waals surface area contributed by atoms with Crippen molar-refractivity contribution in [2.75, 3.05) is 0 Å². The Labute approximate surface area is 134 Å². The van der Waals surface area contributed by atoms with E-state index in [1.165, 1.54) is 0 Å². The molecule has 0 N–H and O–H groups in total. The minimum atomic E-state index is 0.310. The van der Waals surface area contributed by atoms with Gasteiger partial charge in [0.1, 0.15) is 0 Å². The summed E-state index contributed by atoms with van der Waals surface area (Å²) in [4.78, 5) is 0. The van der Waals surface area contributed by atoms with E-state index in [4.69, 9.17) is 8.83 Å². The van der Waals surface area contributed by atoms with Crippen LogP contribution in [0.15, 0.2) is 51.5 Å². The van der Waals surface area contributed by atoms with Gasteiger partial charge in [0.25, 0.3) is 11.8 Å². The van der Waals surface area contributed by atoms with Crippen LogP contribution in [0.4, 0.5) is 0 Å². The molecule has 0 aliphatic carbocycles. The molecule has 0 amide bonds. The van der Waals surface area contributed by atoms with Gasteiger partial charge in [0, 0.05) is 5.39 Å². The molecule has 0 aliphatic heterocycles. The van der Waals surface area contributed by atoms with Gasteiger partial charge < -0.3 is 8.83 Å². The molecular formula is C16H10N6O2. The third-order valence-electron chi connectivity index (χ3n) is 3.81. The molecule has 0 atom stereocenters. The topological polar surface area (TPSA) is 95.1 Å². The van der Waals surface area contributed by atoms with Crippen LogP contribution in [0, 0.1) is 6.92 Å². The monoisotopic (exact) mass is 318 g/mol. The van der Waals surface area contributed by atoms with Crippen molar-refractivity contribution < 1.29 is 8.83 Å². The van der Waals surface area contributed by atoms with Gasteiger partial charge in [0.2, 0.25) is 0 Å². The third kappa shape index (κ3) is 1.83. The van der Waals surface area contributed by atoms with E-state index >= 15 is 0 Å². The van der Waals surface area contributed by atoms with Gasteiger partial charge in [-0.25, -0.2) is 0 Å². The SMILES string of the molecule is Cc1ccc2cc(-c3nnc(-c4ccco4)o3)c3nnnn3c2c1. The van der Waals surface area contributed by atoms with Gasteiger partial charge in [0.05, 0.1) is 17.3 Å². The fourth-order valence-electron chi connectivity index (χ4n) is 2.69. The van der Waals surface area contributed by atoms with Gasteiger partial charge in [-0.2, -0.15) is 4.52 Å². The van der Waals surface area contributed by atoms with Crippen molar-refractivity contribution in [3.05, 3.63) is 48.2 Å². The number of benzene rings is 1. The highest BCUT2D eigenvalue weighted by Crippen LogP contribution is 2.29. The van der Waals surface area contributed by atoms with E-state index in [9.17, 15) is 0 Å². The number of furan rings is 1. The van der Waals surface area contributed by atoms with Gasteiger partial charge in [-0.15, -0.1) is 15.3 Å². The van der Waals surface area contributed by atoms with Crippen LogP contribution in [0.25, 0.3) is 39.7 Å². The van der Waals surface area contributed by atoms with Crippen LogP contribution in [0.1, 0.15) is 5.56 Å². The molecular weight excluding hydrogens is 308 g/mol. The summed E-state index contributed by atoms with van der Waals surface area (Å²) in [5.41, 5.74) is 3.28. The Hall–Kier alpha value is -3.55. The molecule has 8 heteroatoms. The highest BCUT2D eigenvalue weighted by molar-refractivity contribution is 5.89. The van der Waals surface area contributed by atoms with Crippen LogP contribution in [-0.4, -0.2) is 30.2 Å². The lowest BCUT2D eigenvalue weighted by Crippen LogP contribution is -1.94. The Morgan fingerprint density at radius 3 is 2.79 bits per heavy atom. The van der Waals surface area contributed by atoms with Crippen LogP contribution in [0.3, 0.4) is 0 Å². The van der Waals surface area contributed by atoms with Crippen LogP contribution in [0.2, 0.25) is 0 Å². The van der Waals surface area contributed by atoms with Crippen molar-refractivity contribution in [2.24, 2.45) is 0 Å². The molecule has 0 saturated carbocycles. The van der Waals surface area contributed by atoms with Gasteiger partial charge in [-0.3, -0.25) is 0 Å². The van der Waals surface area contributed by atoms with E-state index in [0.29, 0.717) is 28.8 Å². The Bertz CT molecular complexity index is 1170. The van der Waals surface area contributed by atoms with Gasteiger partial charge in [-0.05, 0) is 47.2 Å². The van der Waals surface area contributed by atoms with Gasteiger partial charge >= 0.3 is 0 Å². The summed E-state index contributed by atoms with van der Waals surface area (Å²) in [7, 11) is 0. The first-order chi connectivity index (χ1) is 11.8. The Morgan fingerprint density at radius 2 is 1.92 bits per heavy atom. The van der Waals surface area contributed by atoms with Crippen LogP contribution in [-0.2, 0) is 0 Å². The molecule has 5 aromatic rings. The molecule has 4 heterocycles. The first kappa shape index (κ1) is 12.9. The van der Waals surface area contributed by atoms with Crippen molar-refractivity contribution >= 4 is 16.6 Å². The number of fused-ring (bicyclic) bond motifs is 3. The standard InChI is InChI=1S/C16H10N6O2/c1-9-4-5-10-8-11(14-17-20-21-22(14)12(10)7-9)15-18-19-16(24-15)13-3-2-6-23-13/h2-8H,1H3. The maximum Gasteiger partial charge on any atom is 0.283 e. The summed E-state index contributed by atoms with van der Waals surface area (Å²) in [5, 5.41) is 21.1. The molecule has 0 bridgehead atoms. The van der Waals surface area contributed by atoms with Crippen molar-refractivity contribution in [1.29, 1.82) is 0 Å². The van der Waals surface area contributed by atoms with Crippen molar-refractivity contribution in [3.8, 4) is 23.1 Å². The molecule has 5 rings (SSSR count). The minimum absolute atomic E-state index is 0.310. The maximum atomic E-state index is 5.74. The maximum absolute atomic E-state index is 5.74. The number of tetrazole rings is 1. The Morgan fingerprint density at radius 1 is 1.00 bits per heavy atom. The third-order valence-corrected chi connectivity index (χ3v) is 3.81. The van der Waals surface area contributed by atoms with Crippen molar-refractivity contribution in [3.63, 3.8) is 0 Å². The number of pyridine rings is 1. The predicted molar refractivity (Wildman–Crippen MR) is 84.0 cm³/mol. The second kappa shape index (κ2) is 4.72. The number of hydrogen-bond donors (Lipinski definition) is 0. The first-order valence-corrected chi connectivity index (χ1v) is 7.29. The second-order valence-electron chi connectivity index (χ2n) is 5.42. The lowest BCUT2D eigenvalue weighted by atomic mass is 10.1. The van der Waals surface area contributed by atoms with E-state index in [-0.39, 0.29) is 0 Å². The largest absolute Gasteiger partial charge is 0.459 e. The molecule has 116 valence electrons. The number of nitrogens with zero attached hydrogens (tertiary/aromatic N) is 6. The van der Waals surface area contributed by atoms with E-state index < -0.39 is 0 Å². The summed E-state index contributed by atoms with van der Waals surface area (Å²) in [6.07, 6.45) is 1.55. The molecule has 8 nitrogen and oxygen atoms in total. The lowest BCUT2D eigenvalue weighted by molar-refractivity contribution is 0.523. The molecule has 0 saturated heterocycles. The molecule has 0 aliphatic rings.